The third kappa shape index (κ3) is 1.79. The van der Waals surface area contributed by atoms with Gasteiger partial charge in [-0.05, 0) is 68.1 Å². The summed E-state index contributed by atoms with van der Waals surface area (Å²) in [5.74, 6) is 2.44. The van der Waals surface area contributed by atoms with E-state index in [1.807, 2.05) is 0 Å². The largest absolute Gasteiger partial charge is 0.374 e. The summed E-state index contributed by atoms with van der Waals surface area (Å²) in [4.78, 5) is 12.8. The highest BCUT2D eigenvalue weighted by Crippen LogP contribution is 2.64. The first-order valence-electron chi connectivity index (χ1n) is 9.27. The van der Waals surface area contributed by atoms with Crippen molar-refractivity contribution >= 4 is 5.78 Å². The average molecular weight is 302 g/mol. The lowest BCUT2D eigenvalue weighted by atomic mass is 9.48. The minimum absolute atomic E-state index is 0.113. The zero-order chi connectivity index (χ0) is 15.5. The third-order valence-electron chi connectivity index (χ3n) is 8.02. The molecular weight excluding hydrogens is 272 g/mol. The molecule has 3 saturated carbocycles. The van der Waals surface area contributed by atoms with Crippen LogP contribution < -0.4 is 0 Å². The van der Waals surface area contributed by atoms with E-state index in [2.05, 4.69) is 19.9 Å². The molecule has 2 nitrogen and oxygen atoms in total. The number of methoxy groups -OCH3 is 1. The van der Waals surface area contributed by atoms with Crippen LogP contribution in [-0.2, 0) is 9.53 Å². The van der Waals surface area contributed by atoms with Crippen LogP contribution >= 0.6 is 0 Å². The molecule has 22 heavy (non-hydrogen) atoms. The maximum atomic E-state index is 12.8. The van der Waals surface area contributed by atoms with E-state index >= 15 is 0 Å². The van der Waals surface area contributed by atoms with Gasteiger partial charge in [0, 0.05) is 12.5 Å². The van der Waals surface area contributed by atoms with Gasteiger partial charge in [0.05, 0.1) is 0 Å². The molecule has 4 rings (SSSR count). The maximum absolute atomic E-state index is 12.8. The second-order valence-corrected chi connectivity index (χ2v) is 8.75. The van der Waals surface area contributed by atoms with Gasteiger partial charge in [-0.2, -0.15) is 0 Å². The van der Waals surface area contributed by atoms with Gasteiger partial charge in [-0.15, -0.1) is 0 Å². The van der Waals surface area contributed by atoms with Crippen LogP contribution in [0.1, 0.15) is 65.2 Å². The van der Waals surface area contributed by atoms with Crippen LogP contribution in [0, 0.1) is 28.6 Å². The molecule has 0 aromatic heterocycles. The van der Waals surface area contributed by atoms with E-state index in [4.69, 9.17) is 4.74 Å². The molecule has 0 N–H and O–H groups in total. The number of ether oxygens (including phenoxy) is 1. The van der Waals surface area contributed by atoms with Crippen LogP contribution in [0.3, 0.4) is 0 Å². The number of Topliss-reactive ketones (excluding diaryl/α,β-unsaturated/α-hetero) is 1. The van der Waals surface area contributed by atoms with Gasteiger partial charge >= 0.3 is 0 Å². The number of ketones is 1. The van der Waals surface area contributed by atoms with Gasteiger partial charge in [0.15, 0.2) is 5.78 Å². The number of fused-ring (bicyclic) bond motifs is 5. The molecule has 0 heterocycles. The van der Waals surface area contributed by atoms with Crippen molar-refractivity contribution < 1.29 is 9.53 Å². The molecule has 1 unspecified atom stereocenters. The number of rotatable bonds is 1. The van der Waals surface area contributed by atoms with Crippen LogP contribution in [0.25, 0.3) is 0 Å². The van der Waals surface area contributed by atoms with E-state index in [-0.39, 0.29) is 11.5 Å². The number of carbonyl (C=O) groups excluding carboxylic acids is 1. The van der Waals surface area contributed by atoms with Crippen molar-refractivity contribution in [3.05, 3.63) is 11.6 Å². The fourth-order valence-electron chi connectivity index (χ4n) is 6.67. The summed E-state index contributed by atoms with van der Waals surface area (Å²) in [6.45, 7) is 4.76. The minimum atomic E-state index is -0.140. The molecule has 0 aliphatic heterocycles. The summed E-state index contributed by atoms with van der Waals surface area (Å²) in [6, 6.07) is 0. The van der Waals surface area contributed by atoms with E-state index in [0.29, 0.717) is 23.0 Å². The highest BCUT2D eigenvalue weighted by molar-refractivity contribution is 5.91. The highest BCUT2D eigenvalue weighted by Gasteiger charge is 2.60. The van der Waals surface area contributed by atoms with Crippen LogP contribution in [0.4, 0.5) is 0 Å². The Morgan fingerprint density at radius 3 is 2.73 bits per heavy atom. The molecule has 6 atom stereocenters. The second-order valence-electron chi connectivity index (χ2n) is 8.75. The Kier molecular flexibility index (Phi) is 3.35. The fourth-order valence-corrected chi connectivity index (χ4v) is 6.67. The summed E-state index contributed by atoms with van der Waals surface area (Å²) in [5, 5.41) is 0. The lowest BCUT2D eigenvalue weighted by Gasteiger charge is -2.56. The van der Waals surface area contributed by atoms with Gasteiger partial charge in [0.25, 0.3) is 0 Å². The van der Waals surface area contributed by atoms with Gasteiger partial charge in [-0.3, -0.25) is 4.79 Å². The van der Waals surface area contributed by atoms with E-state index in [1.54, 1.807) is 12.7 Å². The van der Waals surface area contributed by atoms with Crippen molar-refractivity contribution in [3.8, 4) is 0 Å². The Balaban J connectivity index is 1.69. The van der Waals surface area contributed by atoms with Gasteiger partial charge in [-0.1, -0.05) is 31.9 Å². The van der Waals surface area contributed by atoms with Crippen molar-refractivity contribution in [1.29, 1.82) is 0 Å². The van der Waals surface area contributed by atoms with Crippen molar-refractivity contribution in [3.63, 3.8) is 0 Å². The van der Waals surface area contributed by atoms with E-state index < -0.39 is 0 Å². The Bertz CT molecular complexity index is 522. The first-order valence-corrected chi connectivity index (χ1v) is 9.27. The van der Waals surface area contributed by atoms with Crippen LogP contribution in [0.15, 0.2) is 11.6 Å². The standard InChI is InChI=1S/C20H30O2/c1-19-10-5-4-6-13(19)7-8-14-15(19)9-11-20(2)16(14)12-17(22-3)18(20)21/h7,14-17H,4-6,8-12H2,1-3H3/t14-,15+,16+,17?,19+,20+/m1/s1. The van der Waals surface area contributed by atoms with Crippen LogP contribution in [0.5, 0.6) is 0 Å². The number of hydrogen-bond acceptors (Lipinski definition) is 2. The zero-order valence-electron chi connectivity index (χ0n) is 14.4. The molecule has 0 bridgehead atoms. The fraction of sp³-hybridized carbons (Fsp3) is 0.850. The molecule has 4 aliphatic rings. The van der Waals surface area contributed by atoms with Crippen molar-refractivity contribution in [1.82, 2.24) is 0 Å². The van der Waals surface area contributed by atoms with Gasteiger partial charge < -0.3 is 4.74 Å². The molecule has 0 radical (unpaired) electrons. The normalized spacial score (nSPS) is 50.9. The summed E-state index contributed by atoms with van der Waals surface area (Å²) in [6.07, 6.45) is 12.4. The van der Waals surface area contributed by atoms with E-state index in [1.165, 1.54) is 38.5 Å². The van der Waals surface area contributed by atoms with Crippen molar-refractivity contribution in [2.24, 2.45) is 28.6 Å². The second kappa shape index (κ2) is 4.93. The Labute approximate surface area is 134 Å². The molecule has 0 aromatic rings. The predicted octanol–water partition coefficient (Wildman–Crippen LogP) is 4.53. The first-order chi connectivity index (χ1) is 10.5. The molecule has 0 saturated heterocycles. The lowest BCUT2D eigenvalue weighted by Crippen LogP contribution is -2.49. The summed E-state index contributed by atoms with van der Waals surface area (Å²) >= 11 is 0. The summed E-state index contributed by atoms with van der Waals surface area (Å²) in [5.41, 5.74) is 2.06. The molecule has 0 aromatic carbocycles. The molecule has 0 spiro atoms. The smallest absolute Gasteiger partial charge is 0.167 e. The zero-order valence-corrected chi connectivity index (χ0v) is 14.4. The van der Waals surface area contributed by atoms with Crippen LogP contribution in [0.2, 0.25) is 0 Å². The number of allylic oxidation sites excluding steroid dienone is 2. The van der Waals surface area contributed by atoms with E-state index in [9.17, 15) is 4.79 Å². The molecule has 4 aliphatic carbocycles. The number of hydrogen-bond donors (Lipinski definition) is 0. The van der Waals surface area contributed by atoms with Gasteiger partial charge in [-0.25, -0.2) is 0 Å². The molecular formula is C20H30O2. The van der Waals surface area contributed by atoms with E-state index in [0.717, 1.165) is 18.8 Å². The molecule has 122 valence electrons. The summed E-state index contributed by atoms with van der Waals surface area (Å²) < 4.78 is 5.53. The molecule has 3 fully saturated rings. The predicted molar refractivity (Wildman–Crippen MR) is 87.5 cm³/mol. The quantitative estimate of drug-likeness (QED) is 0.665. The molecule has 2 heteroatoms. The molecule has 0 amide bonds. The van der Waals surface area contributed by atoms with Gasteiger partial charge in [0.2, 0.25) is 0 Å². The number of carbonyl (C=O) groups is 1. The Morgan fingerprint density at radius 1 is 1.14 bits per heavy atom. The maximum Gasteiger partial charge on any atom is 0.167 e. The summed E-state index contributed by atoms with van der Waals surface area (Å²) in [7, 11) is 1.71. The van der Waals surface area contributed by atoms with Crippen LogP contribution in [-0.4, -0.2) is 19.0 Å². The first kappa shape index (κ1) is 14.9. The SMILES string of the molecule is COC1C[C@H]2[C@@H]3CC=C4CCCC[C@]4(C)[C@H]3CC[C@]2(C)C1=O. The third-order valence-corrected chi connectivity index (χ3v) is 8.02. The topological polar surface area (TPSA) is 26.3 Å². The minimum Gasteiger partial charge on any atom is -0.374 e. The Hall–Kier alpha value is -0.630. The highest BCUT2D eigenvalue weighted by atomic mass is 16.5. The Morgan fingerprint density at radius 2 is 1.95 bits per heavy atom. The van der Waals surface area contributed by atoms with Crippen molar-refractivity contribution in [2.45, 2.75) is 71.3 Å². The monoisotopic (exact) mass is 302 g/mol. The van der Waals surface area contributed by atoms with Crippen molar-refractivity contribution in [2.75, 3.05) is 7.11 Å². The average Bonchev–Trinajstić information content (AvgIpc) is 2.78. The lowest BCUT2D eigenvalue weighted by molar-refractivity contribution is -0.137. The van der Waals surface area contributed by atoms with Gasteiger partial charge in [0.1, 0.15) is 6.10 Å².